The van der Waals surface area contributed by atoms with Crippen molar-refractivity contribution in [2.24, 2.45) is 0 Å². The Kier molecular flexibility index (Phi) is 5.22. The summed E-state index contributed by atoms with van der Waals surface area (Å²) in [6.45, 7) is 1.66. The van der Waals surface area contributed by atoms with Crippen molar-refractivity contribution in [2.45, 2.75) is 19.7 Å². The highest BCUT2D eigenvalue weighted by Gasteiger charge is 2.34. The average Bonchev–Trinajstić information content (AvgIpc) is 2.33. The first-order valence-corrected chi connectivity index (χ1v) is 5.79. The van der Waals surface area contributed by atoms with Crippen LogP contribution in [0.1, 0.15) is 18.1 Å². The Morgan fingerprint density at radius 1 is 1.45 bits per heavy atom. The molecule has 0 heterocycles. The van der Waals surface area contributed by atoms with E-state index in [2.05, 4.69) is 9.47 Å². The Morgan fingerprint density at radius 2 is 2.10 bits per heavy atom. The molecule has 0 saturated heterocycles. The van der Waals surface area contributed by atoms with E-state index in [9.17, 15) is 18.0 Å². The van der Waals surface area contributed by atoms with Crippen LogP contribution >= 0.6 is 11.6 Å². The summed E-state index contributed by atoms with van der Waals surface area (Å²) in [6.07, 6.45) is -5.42. The van der Waals surface area contributed by atoms with Gasteiger partial charge in [0.25, 0.3) is 0 Å². The summed E-state index contributed by atoms with van der Waals surface area (Å²) in [4.78, 5) is 11.3. The predicted octanol–water partition coefficient (Wildman–Crippen LogP) is 3.22. The van der Waals surface area contributed by atoms with E-state index in [1.165, 1.54) is 12.1 Å². The van der Waals surface area contributed by atoms with Crippen molar-refractivity contribution in [3.8, 4) is 11.8 Å². The lowest BCUT2D eigenvalue weighted by Crippen LogP contribution is -2.19. The lowest BCUT2D eigenvalue weighted by molar-refractivity contribution is -0.274. The van der Waals surface area contributed by atoms with Gasteiger partial charge in [0, 0.05) is 5.56 Å². The maximum atomic E-state index is 12.3. The largest absolute Gasteiger partial charge is 0.573 e. The van der Waals surface area contributed by atoms with Gasteiger partial charge in [-0.1, -0.05) is 17.7 Å². The van der Waals surface area contributed by atoms with E-state index in [1.807, 2.05) is 0 Å². The Hall–Kier alpha value is -1.94. The molecule has 0 N–H and O–H groups in total. The van der Waals surface area contributed by atoms with Gasteiger partial charge in [0.15, 0.2) is 5.75 Å². The van der Waals surface area contributed by atoms with Crippen LogP contribution in [0, 0.1) is 11.3 Å². The fourth-order valence-electron chi connectivity index (χ4n) is 1.42. The third kappa shape index (κ3) is 4.31. The first kappa shape index (κ1) is 16.1. The summed E-state index contributed by atoms with van der Waals surface area (Å²) in [6, 6.07) is 4.01. The number of hydrogen-bond donors (Lipinski definition) is 0. The lowest BCUT2D eigenvalue weighted by Gasteiger charge is -2.15. The second kappa shape index (κ2) is 6.48. The number of ether oxygens (including phenoxy) is 2. The number of nitrogens with zero attached hydrogens (tertiary/aromatic N) is 1. The standard InChI is InChI=1S/C12H9ClF3NO3/c1-2-19-9(18)5-7-3-4-8(6-17)10(13)11(7)20-12(14,15)16/h3-4H,2,5H2,1H3. The quantitative estimate of drug-likeness (QED) is 0.801. The van der Waals surface area contributed by atoms with Gasteiger partial charge in [-0.2, -0.15) is 5.26 Å². The van der Waals surface area contributed by atoms with Crippen LogP contribution in [0.2, 0.25) is 5.02 Å². The molecule has 0 fully saturated rings. The van der Waals surface area contributed by atoms with Gasteiger partial charge in [0.1, 0.15) is 11.1 Å². The highest BCUT2D eigenvalue weighted by molar-refractivity contribution is 6.33. The van der Waals surface area contributed by atoms with E-state index in [4.69, 9.17) is 16.9 Å². The van der Waals surface area contributed by atoms with E-state index in [0.717, 1.165) is 0 Å². The number of benzene rings is 1. The van der Waals surface area contributed by atoms with Crippen molar-refractivity contribution in [1.29, 1.82) is 5.26 Å². The molecule has 0 aromatic heterocycles. The van der Waals surface area contributed by atoms with Crippen LogP contribution in [0.3, 0.4) is 0 Å². The number of halogens is 4. The zero-order chi connectivity index (χ0) is 15.3. The molecule has 0 radical (unpaired) electrons. The SMILES string of the molecule is CCOC(=O)Cc1ccc(C#N)c(Cl)c1OC(F)(F)F. The molecule has 0 aliphatic rings. The number of alkyl halides is 3. The molecule has 0 unspecified atom stereocenters. The van der Waals surface area contributed by atoms with E-state index in [1.54, 1.807) is 13.0 Å². The molecule has 1 aromatic rings. The summed E-state index contributed by atoms with van der Waals surface area (Å²) in [5.74, 6) is -1.48. The molecule has 0 bridgehead atoms. The fraction of sp³-hybridized carbons (Fsp3) is 0.333. The summed E-state index contributed by atoms with van der Waals surface area (Å²) in [5.41, 5.74) is -0.289. The van der Waals surface area contributed by atoms with Crippen LogP contribution in [-0.4, -0.2) is 18.9 Å². The van der Waals surface area contributed by atoms with E-state index < -0.39 is 29.5 Å². The summed E-state index contributed by atoms with van der Waals surface area (Å²) >= 11 is 5.68. The van der Waals surface area contributed by atoms with Gasteiger partial charge < -0.3 is 9.47 Å². The minimum Gasteiger partial charge on any atom is -0.466 e. The van der Waals surface area contributed by atoms with Crippen LogP contribution in [0.15, 0.2) is 12.1 Å². The third-order valence-electron chi connectivity index (χ3n) is 2.16. The number of hydrogen-bond acceptors (Lipinski definition) is 4. The van der Waals surface area contributed by atoms with Gasteiger partial charge >= 0.3 is 12.3 Å². The minimum absolute atomic E-state index is 0.0955. The van der Waals surface area contributed by atoms with Crippen molar-refractivity contribution in [3.63, 3.8) is 0 Å². The van der Waals surface area contributed by atoms with Crippen LogP contribution in [0.5, 0.6) is 5.75 Å². The molecule has 8 heteroatoms. The average molecular weight is 308 g/mol. The predicted molar refractivity (Wildman–Crippen MR) is 63.2 cm³/mol. The van der Waals surface area contributed by atoms with Crippen molar-refractivity contribution < 1.29 is 27.4 Å². The fourth-order valence-corrected chi connectivity index (χ4v) is 1.68. The molecule has 0 aliphatic carbocycles. The number of rotatable bonds is 4. The molecule has 1 rings (SSSR count). The van der Waals surface area contributed by atoms with Crippen LogP contribution < -0.4 is 4.74 Å². The zero-order valence-corrected chi connectivity index (χ0v) is 11.0. The summed E-state index contributed by atoms with van der Waals surface area (Å²) in [7, 11) is 0. The molecular weight excluding hydrogens is 299 g/mol. The molecule has 20 heavy (non-hydrogen) atoms. The van der Waals surface area contributed by atoms with E-state index in [0.29, 0.717) is 0 Å². The summed E-state index contributed by atoms with van der Waals surface area (Å²) < 4.78 is 45.5. The first-order chi connectivity index (χ1) is 9.28. The van der Waals surface area contributed by atoms with Crippen molar-refractivity contribution in [3.05, 3.63) is 28.3 Å². The molecule has 0 amide bonds. The smallest absolute Gasteiger partial charge is 0.466 e. The van der Waals surface area contributed by atoms with Crippen LogP contribution in [0.4, 0.5) is 13.2 Å². The van der Waals surface area contributed by atoms with Crippen molar-refractivity contribution in [2.75, 3.05) is 6.61 Å². The van der Waals surface area contributed by atoms with Gasteiger partial charge in [0.2, 0.25) is 0 Å². The number of carbonyl (C=O) groups is 1. The molecule has 4 nitrogen and oxygen atoms in total. The minimum atomic E-state index is -4.98. The summed E-state index contributed by atoms with van der Waals surface area (Å²) in [5, 5.41) is 8.24. The number of esters is 1. The van der Waals surface area contributed by atoms with E-state index in [-0.39, 0.29) is 17.7 Å². The molecule has 0 aliphatic heterocycles. The van der Waals surface area contributed by atoms with Gasteiger partial charge in [-0.3, -0.25) is 4.79 Å². The third-order valence-corrected chi connectivity index (χ3v) is 2.53. The van der Waals surface area contributed by atoms with E-state index >= 15 is 0 Å². The molecule has 0 atom stereocenters. The molecule has 0 saturated carbocycles. The van der Waals surface area contributed by atoms with Crippen LogP contribution in [0.25, 0.3) is 0 Å². The Morgan fingerprint density at radius 3 is 2.60 bits per heavy atom. The van der Waals surface area contributed by atoms with Gasteiger partial charge in [-0.15, -0.1) is 13.2 Å². The highest BCUT2D eigenvalue weighted by Crippen LogP contribution is 2.36. The maximum Gasteiger partial charge on any atom is 0.573 e. The second-order valence-corrected chi connectivity index (χ2v) is 3.93. The Labute approximate surface area is 117 Å². The number of nitriles is 1. The Balaban J connectivity index is 3.20. The van der Waals surface area contributed by atoms with Gasteiger partial charge in [-0.05, 0) is 13.0 Å². The van der Waals surface area contributed by atoms with Crippen molar-refractivity contribution in [1.82, 2.24) is 0 Å². The molecule has 108 valence electrons. The molecule has 0 spiro atoms. The lowest BCUT2D eigenvalue weighted by atomic mass is 10.1. The number of carbonyl (C=O) groups excluding carboxylic acids is 1. The van der Waals surface area contributed by atoms with Gasteiger partial charge in [-0.25, -0.2) is 0 Å². The molecular formula is C12H9ClF3NO3. The van der Waals surface area contributed by atoms with Crippen LogP contribution in [-0.2, 0) is 16.0 Å². The monoisotopic (exact) mass is 307 g/mol. The Bertz CT molecular complexity index is 552. The van der Waals surface area contributed by atoms with Gasteiger partial charge in [0.05, 0.1) is 18.6 Å². The maximum absolute atomic E-state index is 12.3. The normalized spacial score (nSPS) is 10.8. The first-order valence-electron chi connectivity index (χ1n) is 5.41. The zero-order valence-electron chi connectivity index (χ0n) is 10.3. The molecule has 1 aromatic carbocycles. The second-order valence-electron chi connectivity index (χ2n) is 3.56. The highest BCUT2D eigenvalue weighted by atomic mass is 35.5. The topological polar surface area (TPSA) is 59.3 Å². The van der Waals surface area contributed by atoms with Crippen molar-refractivity contribution >= 4 is 17.6 Å².